The lowest BCUT2D eigenvalue weighted by molar-refractivity contribution is 0.597. The molecular formula is C15H24N6S. The summed E-state index contributed by atoms with van der Waals surface area (Å²) in [7, 11) is 1.78. The first-order valence-electron chi connectivity index (χ1n) is 7.58. The van der Waals surface area contributed by atoms with Crippen LogP contribution in [0.3, 0.4) is 0 Å². The van der Waals surface area contributed by atoms with Crippen LogP contribution in [0.5, 0.6) is 0 Å². The Morgan fingerprint density at radius 2 is 2.14 bits per heavy atom. The molecule has 0 aliphatic rings. The number of rotatable bonds is 7. The number of hydrogen-bond acceptors (Lipinski definition) is 4. The molecule has 2 heterocycles. The minimum atomic E-state index is 0.790. The Balaban J connectivity index is 1.66. The largest absolute Gasteiger partial charge is 0.356 e. The van der Waals surface area contributed by atoms with Crippen LogP contribution in [0.4, 0.5) is 0 Å². The van der Waals surface area contributed by atoms with Crippen molar-refractivity contribution in [2.24, 2.45) is 4.99 Å². The van der Waals surface area contributed by atoms with Gasteiger partial charge in [-0.15, -0.1) is 11.3 Å². The normalized spacial score (nSPS) is 11.7. The summed E-state index contributed by atoms with van der Waals surface area (Å²) in [5.41, 5.74) is 1.18. The Kier molecular flexibility index (Phi) is 6.39. The quantitative estimate of drug-likeness (QED) is 0.601. The first-order valence-corrected chi connectivity index (χ1v) is 8.40. The fourth-order valence-electron chi connectivity index (χ4n) is 2.01. The van der Waals surface area contributed by atoms with Gasteiger partial charge in [-0.1, -0.05) is 6.92 Å². The summed E-state index contributed by atoms with van der Waals surface area (Å²) in [6.45, 7) is 6.64. The zero-order valence-corrected chi connectivity index (χ0v) is 14.3. The zero-order chi connectivity index (χ0) is 15.8. The maximum Gasteiger partial charge on any atom is 0.191 e. The molecule has 0 amide bonds. The maximum absolute atomic E-state index is 4.42. The van der Waals surface area contributed by atoms with E-state index in [0.29, 0.717) is 0 Å². The van der Waals surface area contributed by atoms with Gasteiger partial charge in [0.25, 0.3) is 0 Å². The summed E-state index contributed by atoms with van der Waals surface area (Å²) in [4.78, 5) is 9.99. The first-order chi connectivity index (χ1) is 10.7. The third-order valence-electron chi connectivity index (χ3n) is 3.20. The minimum Gasteiger partial charge on any atom is -0.356 e. The van der Waals surface area contributed by atoms with E-state index < -0.39 is 0 Å². The first kappa shape index (κ1) is 16.5. The molecule has 0 aliphatic heterocycles. The molecule has 0 bridgehead atoms. The molecule has 0 spiro atoms. The second kappa shape index (κ2) is 8.53. The molecule has 0 atom stereocenters. The van der Waals surface area contributed by atoms with Gasteiger partial charge in [-0.05, 0) is 18.9 Å². The third kappa shape index (κ3) is 5.14. The molecule has 6 nitrogen and oxygen atoms in total. The number of aryl methyl sites for hydroxylation is 2. The van der Waals surface area contributed by atoms with Crippen molar-refractivity contribution in [3.63, 3.8) is 0 Å². The molecule has 7 heteroatoms. The number of nitrogens with zero attached hydrogens (tertiary/aromatic N) is 4. The van der Waals surface area contributed by atoms with Crippen molar-refractivity contribution in [3.05, 3.63) is 34.0 Å². The molecule has 0 fully saturated rings. The molecule has 2 aromatic rings. The Bertz CT molecular complexity index is 601. The highest BCUT2D eigenvalue weighted by Crippen LogP contribution is 2.13. The Labute approximate surface area is 135 Å². The second-order valence-corrected chi connectivity index (χ2v) is 6.23. The number of aromatic nitrogens is 3. The van der Waals surface area contributed by atoms with Gasteiger partial charge in [0.1, 0.15) is 0 Å². The molecule has 0 aliphatic carbocycles. The fraction of sp³-hybridized carbons (Fsp3) is 0.533. The van der Waals surface area contributed by atoms with Gasteiger partial charge in [0.05, 0.1) is 17.7 Å². The van der Waals surface area contributed by atoms with Crippen LogP contribution in [-0.4, -0.2) is 40.9 Å². The van der Waals surface area contributed by atoms with E-state index in [1.54, 1.807) is 18.4 Å². The lowest BCUT2D eigenvalue weighted by Gasteiger charge is -2.11. The molecule has 120 valence electrons. The van der Waals surface area contributed by atoms with E-state index in [1.165, 1.54) is 15.4 Å². The van der Waals surface area contributed by atoms with Crippen molar-refractivity contribution in [3.8, 4) is 0 Å². The summed E-state index contributed by atoms with van der Waals surface area (Å²) < 4.78 is 1.93. The molecule has 0 radical (unpaired) electrons. The molecule has 2 aromatic heterocycles. The van der Waals surface area contributed by atoms with Gasteiger partial charge in [-0.25, -0.2) is 4.98 Å². The zero-order valence-electron chi connectivity index (χ0n) is 13.5. The van der Waals surface area contributed by atoms with Crippen LogP contribution in [0.15, 0.2) is 23.6 Å². The molecule has 2 rings (SSSR count). The highest BCUT2D eigenvalue weighted by molar-refractivity contribution is 7.11. The second-order valence-electron chi connectivity index (χ2n) is 5.03. The van der Waals surface area contributed by atoms with Crippen molar-refractivity contribution >= 4 is 17.3 Å². The Hall–Kier alpha value is -1.89. The van der Waals surface area contributed by atoms with Crippen molar-refractivity contribution in [2.75, 3.05) is 20.1 Å². The summed E-state index contributed by atoms with van der Waals surface area (Å²) in [6.07, 6.45) is 7.85. The molecule has 2 N–H and O–H groups in total. The van der Waals surface area contributed by atoms with Crippen LogP contribution >= 0.6 is 11.3 Å². The summed E-state index contributed by atoms with van der Waals surface area (Å²) >= 11 is 1.79. The standard InChI is InChI=1S/C15H24N6S/c1-4-13-10-19-14(22-13)5-6-17-15(16-3)18-7-8-21-11-12(2)9-20-21/h9-11H,4-8H2,1-3H3,(H2,16,17,18). The SMILES string of the molecule is CCc1cnc(CCNC(=NC)NCCn2cc(C)cn2)s1. The van der Waals surface area contributed by atoms with Crippen molar-refractivity contribution in [2.45, 2.75) is 33.2 Å². The van der Waals surface area contributed by atoms with Gasteiger partial charge in [-0.3, -0.25) is 9.67 Å². The number of hydrogen-bond donors (Lipinski definition) is 2. The summed E-state index contributed by atoms with van der Waals surface area (Å²) in [6, 6.07) is 0. The highest BCUT2D eigenvalue weighted by atomic mass is 32.1. The number of aliphatic imine (C=N–C) groups is 1. The van der Waals surface area contributed by atoms with Gasteiger partial charge >= 0.3 is 0 Å². The lowest BCUT2D eigenvalue weighted by Crippen LogP contribution is -2.39. The Morgan fingerprint density at radius 1 is 1.32 bits per heavy atom. The van der Waals surface area contributed by atoms with Gasteiger partial charge in [0, 0.05) is 43.8 Å². The van der Waals surface area contributed by atoms with Crippen LogP contribution in [0, 0.1) is 6.92 Å². The predicted molar refractivity (Wildman–Crippen MR) is 91.5 cm³/mol. The third-order valence-corrected chi connectivity index (χ3v) is 4.40. The monoisotopic (exact) mass is 320 g/mol. The predicted octanol–water partition coefficient (Wildman–Crippen LogP) is 1.62. The molecule has 0 unspecified atom stereocenters. The van der Waals surface area contributed by atoms with E-state index in [4.69, 9.17) is 0 Å². The Morgan fingerprint density at radius 3 is 2.77 bits per heavy atom. The van der Waals surface area contributed by atoms with E-state index in [2.05, 4.69) is 32.6 Å². The number of nitrogens with one attached hydrogen (secondary N) is 2. The fourth-order valence-corrected chi connectivity index (χ4v) is 2.88. The topological polar surface area (TPSA) is 67.1 Å². The van der Waals surface area contributed by atoms with Gasteiger partial charge in [0.2, 0.25) is 0 Å². The van der Waals surface area contributed by atoms with E-state index in [-0.39, 0.29) is 0 Å². The van der Waals surface area contributed by atoms with Crippen molar-refractivity contribution in [1.29, 1.82) is 0 Å². The average molecular weight is 320 g/mol. The van der Waals surface area contributed by atoms with Crippen molar-refractivity contribution in [1.82, 2.24) is 25.4 Å². The molecule has 0 saturated carbocycles. The van der Waals surface area contributed by atoms with Crippen LogP contribution in [0.25, 0.3) is 0 Å². The van der Waals surface area contributed by atoms with Crippen LogP contribution in [0.1, 0.15) is 22.4 Å². The molecule has 0 saturated heterocycles. The highest BCUT2D eigenvalue weighted by Gasteiger charge is 2.02. The maximum atomic E-state index is 4.42. The molecular weight excluding hydrogens is 296 g/mol. The van der Waals surface area contributed by atoms with E-state index in [1.807, 2.05) is 30.2 Å². The van der Waals surface area contributed by atoms with Crippen LogP contribution in [0.2, 0.25) is 0 Å². The summed E-state index contributed by atoms with van der Waals surface area (Å²) in [5.74, 6) is 0.816. The van der Waals surface area contributed by atoms with E-state index in [0.717, 1.165) is 38.4 Å². The van der Waals surface area contributed by atoms with Gasteiger partial charge in [-0.2, -0.15) is 5.10 Å². The van der Waals surface area contributed by atoms with Gasteiger partial charge < -0.3 is 10.6 Å². The minimum absolute atomic E-state index is 0.790. The smallest absolute Gasteiger partial charge is 0.191 e. The van der Waals surface area contributed by atoms with Crippen molar-refractivity contribution < 1.29 is 0 Å². The van der Waals surface area contributed by atoms with E-state index in [9.17, 15) is 0 Å². The lowest BCUT2D eigenvalue weighted by atomic mass is 10.4. The van der Waals surface area contributed by atoms with Crippen LogP contribution in [-0.2, 0) is 19.4 Å². The van der Waals surface area contributed by atoms with E-state index >= 15 is 0 Å². The molecule has 22 heavy (non-hydrogen) atoms. The number of thiazole rings is 1. The average Bonchev–Trinajstić information content (AvgIpc) is 3.14. The molecule has 0 aromatic carbocycles. The number of guanidine groups is 1. The summed E-state index contributed by atoms with van der Waals surface area (Å²) in [5, 5.41) is 12.0. The van der Waals surface area contributed by atoms with Crippen LogP contribution < -0.4 is 10.6 Å². The van der Waals surface area contributed by atoms with Gasteiger partial charge in [0.15, 0.2) is 5.96 Å².